The van der Waals surface area contributed by atoms with Crippen LogP contribution < -0.4 is 15.5 Å². The van der Waals surface area contributed by atoms with Gasteiger partial charge in [-0.15, -0.1) is 11.8 Å². The quantitative estimate of drug-likeness (QED) is 0.196. The first-order chi connectivity index (χ1) is 17.5. The molecule has 3 rings (SSSR count). The third-order valence-electron chi connectivity index (χ3n) is 5.35. The maximum absolute atomic E-state index is 13.2. The van der Waals surface area contributed by atoms with Crippen LogP contribution >= 0.6 is 11.8 Å². The molecule has 3 N–H and O–H groups in total. The van der Waals surface area contributed by atoms with Crippen LogP contribution in [-0.2, 0) is 16.1 Å². The maximum atomic E-state index is 13.2. The molecule has 8 heteroatoms. The molecular weight excluding hydrogens is 476 g/mol. The lowest BCUT2D eigenvalue weighted by Gasteiger charge is -2.21. The van der Waals surface area contributed by atoms with Gasteiger partial charge in [-0.1, -0.05) is 42.5 Å². The van der Waals surface area contributed by atoms with E-state index in [1.54, 1.807) is 49.2 Å². The molecule has 0 saturated heterocycles. The largest absolute Gasteiger partial charge is 0.497 e. The predicted octanol–water partition coefficient (Wildman–Crippen LogP) is 3.88. The molecule has 0 saturated carbocycles. The summed E-state index contributed by atoms with van der Waals surface area (Å²) < 4.78 is 5.24. The van der Waals surface area contributed by atoms with E-state index in [0.29, 0.717) is 23.3 Å². The number of nitrogens with one attached hydrogen (secondary N) is 2. The third kappa shape index (κ3) is 7.98. The standard InChI is InChI=1S/C28H30N2O5S/c1-34-23-12-8-21(9-13-23)19-26(35-30-27(32)22-6-4-3-5-7-22)25(28(33)29-16-17-31)18-20-10-14-24(36-2)15-11-20/h3-15,18,26,31H,16-17,19H2,1-2H3,(H,29,33)(H,30,32)/b25-18-. The van der Waals surface area contributed by atoms with Gasteiger partial charge >= 0.3 is 0 Å². The molecule has 0 radical (unpaired) electrons. The Bertz CT molecular complexity index is 1150. The van der Waals surface area contributed by atoms with E-state index in [-0.39, 0.29) is 13.2 Å². The molecule has 2 amide bonds. The Labute approximate surface area is 215 Å². The molecule has 3 aromatic carbocycles. The molecule has 0 aromatic heterocycles. The highest BCUT2D eigenvalue weighted by Crippen LogP contribution is 2.21. The molecule has 0 fully saturated rings. The number of hydrogen-bond acceptors (Lipinski definition) is 6. The van der Waals surface area contributed by atoms with Crippen molar-refractivity contribution in [3.63, 3.8) is 0 Å². The monoisotopic (exact) mass is 506 g/mol. The Morgan fingerprint density at radius 2 is 1.69 bits per heavy atom. The van der Waals surface area contributed by atoms with Crippen molar-refractivity contribution in [2.45, 2.75) is 17.4 Å². The number of carbonyl (C=O) groups excluding carboxylic acids is 2. The van der Waals surface area contributed by atoms with Crippen molar-refractivity contribution < 1.29 is 24.3 Å². The van der Waals surface area contributed by atoms with E-state index in [4.69, 9.17) is 9.57 Å². The highest BCUT2D eigenvalue weighted by molar-refractivity contribution is 7.98. The summed E-state index contributed by atoms with van der Waals surface area (Å²) in [5.41, 5.74) is 4.93. The number of ether oxygens (including phenoxy) is 1. The van der Waals surface area contributed by atoms with Crippen molar-refractivity contribution in [2.75, 3.05) is 26.5 Å². The third-order valence-corrected chi connectivity index (χ3v) is 6.10. The van der Waals surface area contributed by atoms with Crippen LogP contribution in [0.3, 0.4) is 0 Å². The average Bonchev–Trinajstić information content (AvgIpc) is 2.93. The Kier molecular flexibility index (Phi) is 10.6. The summed E-state index contributed by atoms with van der Waals surface area (Å²) in [6.07, 6.45) is 3.22. The molecule has 0 aliphatic heterocycles. The van der Waals surface area contributed by atoms with Crippen molar-refractivity contribution in [2.24, 2.45) is 0 Å². The van der Waals surface area contributed by atoms with E-state index >= 15 is 0 Å². The Hall–Kier alpha value is -3.59. The lowest BCUT2D eigenvalue weighted by atomic mass is 9.98. The summed E-state index contributed by atoms with van der Waals surface area (Å²) in [7, 11) is 1.59. The fraction of sp³-hybridized carbons (Fsp3) is 0.214. The van der Waals surface area contributed by atoms with Crippen LogP contribution in [0, 0.1) is 0 Å². The van der Waals surface area contributed by atoms with Crippen LogP contribution in [0.5, 0.6) is 5.75 Å². The lowest BCUT2D eigenvalue weighted by molar-refractivity contribution is -0.119. The van der Waals surface area contributed by atoms with Gasteiger partial charge in [0.25, 0.3) is 5.91 Å². The van der Waals surface area contributed by atoms with E-state index in [0.717, 1.165) is 16.0 Å². The molecule has 1 atom stereocenters. The minimum Gasteiger partial charge on any atom is -0.497 e. The van der Waals surface area contributed by atoms with Gasteiger partial charge in [0.2, 0.25) is 5.91 Å². The zero-order chi connectivity index (χ0) is 25.8. The zero-order valence-electron chi connectivity index (χ0n) is 20.3. The first kappa shape index (κ1) is 27.0. The molecule has 36 heavy (non-hydrogen) atoms. The van der Waals surface area contributed by atoms with Gasteiger partial charge in [0.1, 0.15) is 11.9 Å². The van der Waals surface area contributed by atoms with E-state index < -0.39 is 17.9 Å². The van der Waals surface area contributed by atoms with Crippen molar-refractivity contribution in [1.82, 2.24) is 10.8 Å². The number of thioether (sulfide) groups is 1. The Morgan fingerprint density at radius 3 is 2.31 bits per heavy atom. The number of hydrogen-bond donors (Lipinski definition) is 3. The minimum absolute atomic E-state index is 0.0905. The zero-order valence-corrected chi connectivity index (χ0v) is 21.1. The summed E-state index contributed by atoms with van der Waals surface area (Å²) in [5.74, 6) is -0.112. The van der Waals surface area contributed by atoms with Crippen molar-refractivity contribution in [3.8, 4) is 5.75 Å². The fourth-order valence-electron chi connectivity index (χ4n) is 3.42. The van der Waals surface area contributed by atoms with E-state index in [1.165, 1.54) is 0 Å². The van der Waals surface area contributed by atoms with E-state index in [2.05, 4.69) is 10.8 Å². The summed E-state index contributed by atoms with van der Waals surface area (Å²) in [4.78, 5) is 32.8. The van der Waals surface area contributed by atoms with Gasteiger partial charge in [-0.2, -0.15) is 0 Å². The molecule has 0 heterocycles. The van der Waals surface area contributed by atoms with Gasteiger partial charge in [-0.25, -0.2) is 5.48 Å². The first-order valence-corrected chi connectivity index (χ1v) is 12.6. The lowest BCUT2D eigenvalue weighted by Crippen LogP contribution is -2.38. The van der Waals surface area contributed by atoms with Crippen molar-refractivity contribution in [3.05, 3.63) is 101 Å². The first-order valence-electron chi connectivity index (χ1n) is 11.4. The molecule has 1 unspecified atom stereocenters. The van der Waals surface area contributed by atoms with Crippen LogP contribution in [0.4, 0.5) is 0 Å². The molecule has 0 aliphatic rings. The smallest absolute Gasteiger partial charge is 0.274 e. The van der Waals surface area contributed by atoms with Gasteiger partial charge in [-0.05, 0) is 59.9 Å². The summed E-state index contributed by atoms with van der Waals surface area (Å²) >= 11 is 1.62. The Morgan fingerprint density at radius 1 is 1.00 bits per heavy atom. The minimum atomic E-state index is -0.815. The second-order valence-corrected chi connectivity index (χ2v) is 8.69. The number of hydroxylamine groups is 1. The number of aliphatic hydroxyl groups excluding tert-OH is 1. The van der Waals surface area contributed by atoms with Crippen LogP contribution in [-0.4, -0.2) is 49.5 Å². The van der Waals surface area contributed by atoms with Crippen molar-refractivity contribution >= 4 is 29.7 Å². The predicted molar refractivity (Wildman–Crippen MR) is 142 cm³/mol. The summed E-state index contributed by atoms with van der Waals surface area (Å²) in [6, 6.07) is 23.9. The molecule has 0 spiro atoms. The second kappa shape index (κ2) is 14.1. The number of carbonyl (C=O) groups is 2. The number of amides is 2. The number of methoxy groups -OCH3 is 1. The van der Waals surface area contributed by atoms with E-state index in [1.807, 2.05) is 60.9 Å². The van der Waals surface area contributed by atoms with Crippen LogP contribution in [0.15, 0.2) is 89.3 Å². The topological polar surface area (TPSA) is 96.9 Å². The Balaban J connectivity index is 1.94. The molecule has 188 valence electrons. The number of aliphatic hydroxyl groups is 1. The highest BCUT2D eigenvalue weighted by Gasteiger charge is 2.24. The second-order valence-electron chi connectivity index (χ2n) is 7.81. The number of rotatable bonds is 12. The van der Waals surface area contributed by atoms with Crippen molar-refractivity contribution in [1.29, 1.82) is 0 Å². The van der Waals surface area contributed by atoms with Gasteiger partial charge < -0.3 is 15.2 Å². The van der Waals surface area contributed by atoms with E-state index in [9.17, 15) is 14.7 Å². The normalized spacial score (nSPS) is 12.0. The summed E-state index contributed by atoms with van der Waals surface area (Å²) in [5, 5.41) is 11.9. The average molecular weight is 507 g/mol. The molecule has 7 nitrogen and oxygen atoms in total. The van der Waals surface area contributed by atoms with Gasteiger partial charge in [0.15, 0.2) is 0 Å². The van der Waals surface area contributed by atoms with Gasteiger partial charge in [0, 0.05) is 29.0 Å². The van der Waals surface area contributed by atoms with Crippen LogP contribution in [0.25, 0.3) is 6.08 Å². The fourth-order valence-corrected chi connectivity index (χ4v) is 3.83. The number of benzene rings is 3. The molecule has 3 aromatic rings. The SMILES string of the molecule is COc1ccc(CC(ONC(=O)c2ccccc2)/C(=C/c2ccc(SC)cc2)C(=O)NCCO)cc1. The molecule has 0 bridgehead atoms. The highest BCUT2D eigenvalue weighted by atomic mass is 32.2. The summed E-state index contributed by atoms with van der Waals surface area (Å²) in [6.45, 7) is -0.108. The van der Waals surface area contributed by atoms with Crippen LogP contribution in [0.2, 0.25) is 0 Å². The van der Waals surface area contributed by atoms with Crippen LogP contribution in [0.1, 0.15) is 21.5 Å². The molecular formula is C28H30N2O5S. The van der Waals surface area contributed by atoms with Gasteiger partial charge in [0.05, 0.1) is 13.7 Å². The maximum Gasteiger partial charge on any atom is 0.274 e. The molecule has 0 aliphatic carbocycles. The van der Waals surface area contributed by atoms with Gasteiger partial charge in [-0.3, -0.25) is 14.4 Å².